The van der Waals surface area contributed by atoms with E-state index in [1.54, 1.807) is 7.05 Å². The minimum atomic E-state index is -2.73. The molecule has 1 saturated carbocycles. The van der Waals surface area contributed by atoms with Gasteiger partial charge in [-0.05, 0) is 50.2 Å². The van der Waals surface area contributed by atoms with Crippen LogP contribution in [0.25, 0.3) is 0 Å². The Morgan fingerprint density at radius 1 is 1.42 bits per heavy atom. The van der Waals surface area contributed by atoms with E-state index >= 15 is 0 Å². The first-order valence-electron chi connectivity index (χ1n) is 8.89. The first-order chi connectivity index (χ1) is 12.3. The number of hydrogen-bond donors (Lipinski definition) is 1. The van der Waals surface area contributed by atoms with Crippen molar-refractivity contribution in [3.63, 3.8) is 0 Å². The Bertz CT molecular complexity index is 700. The average Bonchev–Trinajstić information content (AvgIpc) is 2.89. The van der Waals surface area contributed by atoms with E-state index in [0.29, 0.717) is 19.3 Å². The van der Waals surface area contributed by atoms with Crippen LogP contribution in [0.4, 0.5) is 8.78 Å². The van der Waals surface area contributed by atoms with Crippen LogP contribution in [0.3, 0.4) is 0 Å². The van der Waals surface area contributed by atoms with E-state index in [1.807, 2.05) is 6.92 Å². The van der Waals surface area contributed by atoms with Crippen molar-refractivity contribution < 1.29 is 18.3 Å². The number of hydrogen-bond acceptors (Lipinski definition) is 3. The summed E-state index contributed by atoms with van der Waals surface area (Å²) in [6.07, 6.45) is 3.70. The van der Waals surface area contributed by atoms with E-state index in [0.717, 1.165) is 30.4 Å². The molecule has 142 valence electrons. The maximum Gasteiger partial charge on any atom is 0.345 e. The van der Waals surface area contributed by atoms with Crippen molar-refractivity contribution in [3.8, 4) is 0 Å². The Kier molecular flexibility index (Phi) is 5.27. The van der Waals surface area contributed by atoms with Crippen molar-refractivity contribution in [2.75, 3.05) is 7.05 Å². The largest absolute Gasteiger partial charge is 0.369 e. The number of carbonyl (C=O) groups excluding carboxylic acids is 1. The van der Waals surface area contributed by atoms with Gasteiger partial charge in [-0.2, -0.15) is 8.78 Å². The molecule has 0 aliphatic heterocycles. The summed E-state index contributed by atoms with van der Waals surface area (Å²) in [6, 6.07) is 6.13. The Labute approximate surface area is 152 Å². The number of aryl methyl sites for hydroxylation is 1. The molecule has 7 heteroatoms. The Morgan fingerprint density at radius 2 is 2.12 bits per heavy atom. The van der Waals surface area contributed by atoms with Crippen LogP contribution in [0.2, 0.25) is 0 Å². The van der Waals surface area contributed by atoms with Gasteiger partial charge in [0.2, 0.25) is 6.41 Å². The summed E-state index contributed by atoms with van der Waals surface area (Å²) < 4.78 is 29.8. The molecule has 2 aliphatic carbocycles. The highest BCUT2D eigenvalue weighted by atomic mass is 19.3. The molecule has 26 heavy (non-hydrogen) atoms. The van der Waals surface area contributed by atoms with Crippen LogP contribution in [0.15, 0.2) is 23.2 Å². The zero-order chi connectivity index (χ0) is 18.9. The third-order valence-corrected chi connectivity index (χ3v) is 5.72. The van der Waals surface area contributed by atoms with Crippen molar-refractivity contribution in [3.05, 3.63) is 34.9 Å². The number of aliphatic imine (C=N–C) groups is 1. The molecule has 1 spiro atoms. The first kappa shape index (κ1) is 18.8. The lowest BCUT2D eigenvalue weighted by Crippen LogP contribution is -2.38. The quantitative estimate of drug-likeness (QED) is 0.506. The number of carbonyl (C=O) groups is 1. The summed E-state index contributed by atoms with van der Waals surface area (Å²) in [5, 5.41) is 0. The Morgan fingerprint density at radius 3 is 2.73 bits per heavy atom. The molecule has 1 unspecified atom stereocenters. The highest BCUT2D eigenvalue weighted by molar-refractivity contribution is 5.87. The smallest absolute Gasteiger partial charge is 0.345 e. The number of alkyl halides is 2. The molecule has 5 nitrogen and oxygen atoms in total. The number of ether oxygens (including phenoxy) is 1. The zero-order valence-electron chi connectivity index (χ0n) is 15.1. The molecule has 3 rings (SSSR count). The monoisotopic (exact) mass is 365 g/mol. The predicted octanol–water partition coefficient (Wildman–Crippen LogP) is 3.16. The molecule has 0 aromatic heterocycles. The number of halogens is 2. The summed E-state index contributed by atoms with van der Waals surface area (Å²) in [5.74, 6) is 0.171. The fourth-order valence-electron chi connectivity index (χ4n) is 4.32. The highest BCUT2D eigenvalue weighted by Gasteiger charge is 2.48. The zero-order valence-corrected chi connectivity index (χ0v) is 15.1. The van der Waals surface area contributed by atoms with Crippen LogP contribution >= 0.6 is 0 Å². The number of nitrogens with two attached hydrogens (primary N) is 1. The Hall–Kier alpha value is -2.02. The van der Waals surface area contributed by atoms with Gasteiger partial charge in [0, 0.05) is 12.5 Å². The second-order valence-corrected chi connectivity index (χ2v) is 7.44. The molecule has 2 aliphatic rings. The molecule has 1 atom stereocenters. The maximum absolute atomic E-state index is 12.5. The molecular formula is C19H25F2N3O2. The minimum Gasteiger partial charge on any atom is -0.369 e. The van der Waals surface area contributed by atoms with E-state index < -0.39 is 12.7 Å². The van der Waals surface area contributed by atoms with Gasteiger partial charge in [0.15, 0.2) is 5.96 Å². The van der Waals surface area contributed by atoms with Crippen LogP contribution in [0.5, 0.6) is 0 Å². The van der Waals surface area contributed by atoms with Gasteiger partial charge < -0.3 is 10.5 Å². The topological polar surface area (TPSA) is 67.9 Å². The third kappa shape index (κ3) is 3.58. The van der Waals surface area contributed by atoms with Crippen molar-refractivity contribution in [2.45, 2.75) is 57.8 Å². The van der Waals surface area contributed by atoms with Gasteiger partial charge in [-0.25, -0.2) is 4.99 Å². The van der Waals surface area contributed by atoms with E-state index in [9.17, 15) is 13.6 Å². The van der Waals surface area contributed by atoms with Gasteiger partial charge in [-0.15, -0.1) is 0 Å². The average molecular weight is 365 g/mol. The number of benzene rings is 1. The number of fused-ring (bicyclic) bond motifs is 1. The van der Waals surface area contributed by atoms with E-state index in [2.05, 4.69) is 18.2 Å². The molecule has 1 aromatic carbocycles. The van der Waals surface area contributed by atoms with Crippen molar-refractivity contribution in [1.82, 2.24) is 4.90 Å². The number of rotatable bonds is 4. The second kappa shape index (κ2) is 7.31. The molecule has 0 radical (unpaired) electrons. The van der Waals surface area contributed by atoms with Crippen LogP contribution in [0.1, 0.15) is 48.4 Å². The second-order valence-electron chi connectivity index (χ2n) is 7.44. The normalized spacial score (nSPS) is 28.4. The lowest BCUT2D eigenvalue weighted by Gasteiger charge is -2.40. The van der Waals surface area contributed by atoms with Crippen LogP contribution in [-0.2, 0) is 16.0 Å². The summed E-state index contributed by atoms with van der Waals surface area (Å²) in [7, 11) is 1.57. The third-order valence-electron chi connectivity index (χ3n) is 5.72. The van der Waals surface area contributed by atoms with E-state index in [-0.39, 0.29) is 17.4 Å². The predicted molar refractivity (Wildman–Crippen MR) is 94.9 cm³/mol. The molecule has 1 aromatic rings. The molecule has 2 N–H and O–H groups in total. The highest BCUT2D eigenvalue weighted by Crippen LogP contribution is 2.56. The summed E-state index contributed by atoms with van der Waals surface area (Å²) in [4.78, 5) is 17.0. The van der Waals surface area contributed by atoms with Gasteiger partial charge in [0.05, 0.1) is 12.1 Å². The molecule has 0 saturated heterocycles. The first-order valence-corrected chi connectivity index (χ1v) is 8.89. The maximum atomic E-state index is 12.5. The lowest BCUT2D eigenvalue weighted by molar-refractivity contribution is -0.175. The standard InChI is InChI=1S/C19H25F2N3O2/c1-12-3-4-13-10-19(7-5-14(6-8-19)26-17(20)21)16(15(13)9-12)23-18(22)24(2)11-25/h3-4,9,11,14,16-17H,5-8,10H2,1-2H3,(H2,22,23). The van der Waals surface area contributed by atoms with Crippen molar-refractivity contribution >= 4 is 12.4 Å². The van der Waals surface area contributed by atoms with Gasteiger partial charge in [0.1, 0.15) is 0 Å². The fraction of sp³-hybridized carbons (Fsp3) is 0.579. The van der Waals surface area contributed by atoms with Gasteiger partial charge in [-0.1, -0.05) is 23.8 Å². The molecule has 0 bridgehead atoms. The van der Waals surface area contributed by atoms with Crippen LogP contribution < -0.4 is 5.73 Å². The van der Waals surface area contributed by atoms with Gasteiger partial charge in [-0.3, -0.25) is 9.69 Å². The summed E-state index contributed by atoms with van der Waals surface area (Å²) >= 11 is 0. The molecule has 1 amide bonds. The van der Waals surface area contributed by atoms with E-state index in [1.165, 1.54) is 10.5 Å². The van der Waals surface area contributed by atoms with Gasteiger partial charge >= 0.3 is 6.61 Å². The number of nitrogens with zero attached hydrogens (tertiary/aromatic N) is 2. The van der Waals surface area contributed by atoms with Crippen LogP contribution in [0, 0.1) is 12.3 Å². The fourth-order valence-corrected chi connectivity index (χ4v) is 4.32. The summed E-state index contributed by atoms with van der Waals surface area (Å²) in [5.41, 5.74) is 9.33. The number of amides is 1. The SMILES string of the molecule is Cc1ccc2c(c1)C(N=C(N)N(C)C=O)C1(CCC(OC(F)F)CC1)C2. The minimum absolute atomic E-state index is 0.160. The van der Waals surface area contributed by atoms with Crippen LogP contribution in [-0.4, -0.2) is 37.0 Å². The van der Waals surface area contributed by atoms with Crippen molar-refractivity contribution in [1.29, 1.82) is 0 Å². The summed E-state index contributed by atoms with van der Waals surface area (Å²) in [6.45, 7) is -0.705. The molecule has 1 fully saturated rings. The van der Waals surface area contributed by atoms with Crippen molar-refractivity contribution in [2.24, 2.45) is 16.1 Å². The molecular weight excluding hydrogens is 340 g/mol. The van der Waals surface area contributed by atoms with E-state index in [4.69, 9.17) is 15.5 Å². The molecule has 0 heterocycles. The van der Waals surface area contributed by atoms with Gasteiger partial charge in [0.25, 0.3) is 0 Å². The number of guanidine groups is 1. The lowest BCUT2D eigenvalue weighted by atomic mass is 9.68. The Balaban J connectivity index is 1.91.